The zero-order valence-corrected chi connectivity index (χ0v) is 15.6. The second kappa shape index (κ2) is 9.45. The lowest BCUT2D eigenvalue weighted by molar-refractivity contribution is 0.622. The van der Waals surface area contributed by atoms with E-state index in [1.165, 1.54) is 0 Å². The summed E-state index contributed by atoms with van der Waals surface area (Å²) in [6.07, 6.45) is 2.91. The zero-order chi connectivity index (χ0) is 15.1. The fraction of sp³-hybridized carbons (Fsp3) is 0.375. The average molecular weight is 413 g/mol. The van der Waals surface area contributed by atoms with Crippen molar-refractivity contribution in [1.82, 2.24) is 20.6 Å². The Balaban J connectivity index is 0.00000242. The Morgan fingerprint density at radius 3 is 2.68 bits per heavy atom. The molecule has 0 aliphatic heterocycles. The second-order valence-electron chi connectivity index (χ2n) is 4.99. The molecule has 1 unspecified atom stereocenters. The molecular formula is C16H24IN5. The summed E-state index contributed by atoms with van der Waals surface area (Å²) in [7, 11) is 1.77. The molecule has 6 heteroatoms. The molecule has 0 spiro atoms. The fourth-order valence-corrected chi connectivity index (χ4v) is 1.91. The highest BCUT2D eigenvalue weighted by Gasteiger charge is 2.05. The number of rotatable bonds is 5. The van der Waals surface area contributed by atoms with E-state index in [9.17, 15) is 0 Å². The number of nitrogens with one attached hydrogen (secondary N) is 3. The number of aliphatic imine (C=N–C) groups is 1. The van der Waals surface area contributed by atoms with Gasteiger partial charge in [0.1, 0.15) is 5.82 Å². The minimum absolute atomic E-state index is 0. The number of benzene rings is 1. The van der Waals surface area contributed by atoms with Crippen LogP contribution in [0.25, 0.3) is 11.3 Å². The number of H-pyrrole nitrogens is 1. The number of halogens is 1. The van der Waals surface area contributed by atoms with Crippen molar-refractivity contribution in [3.8, 4) is 11.3 Å². The molecule has 1 aromatic heterocycles. The summed E-state index contributed by atoms with van der Waals surface area (Å²) < 4.78 is 0. The van der Waals surface area contributed by atoms with Crippen molar-refractivity contribution in [2.24, 2.45) is 4.99 Å². The van der Waals surface area contributed by atoms with Crippen molar-refractivity contribution in [2.75, 3.05) is 7.05 Å². The Kier molecular flexibility index (Phi) is 7.94. The fourth-order valence-electron chi connectivity index (χ4n) is 1.91. The number of guanidine groups is 1. The standard InChI is InChI=1S/C16H23N5.HI/c1-4-12(2)20-16(17-3)19-11-15-18-10-14(21-15)13-8-6-5-7-9-13;/h5-10,12H,4,11H2,1-3H3,(H,18,21)(H2,17,19,20);1H. The van der Waals surface area contributed by atoms with Gasteiger partial charge < -0.3 is 15.6 Å². The van der Waals surface area contributed by atoms with Gasteiger partial charge >= 0.3 is 0 Å². The quantitative estimate of drug-likeness (QED) is 0.401. The van der Waals surface area contributed by atoms with Crippen LogP contribution in [0.1, 0.15) is 26.1 Å². The Bertz CT molecular complexity index is 579. The molecule has 5 nitrogen and oxygen atoms in total. The van der Waals surface area contributed by atoms with Crippen LogP contribution in [-0.4, -0.2) is 29.0 Å². The topological polar surface area (TPSA) is 65.1 Å². The van der Waals surface area contributed by atoms with Crippen LogP contribution < -0.4 is 10.6 Å². The van der Waals surface area contributed by atoms with E-state index in [1.807, 2.05) is 24.4 Å². The molecule has 22 heavy (non-hydrogen) atoms. The third-order valence-corrected chi connectivity index (χ3v) is 3.36. The van der Waals surface area contributed by atoms with Crippen LogP contribution in [0.4, 0.5) is 0 Å². The average Bonchev–Trinajstić information content (AvgIpc) is 3.01. The van der Waals surface area contributed by atoms with Gasteiger partial charge in [-0.15, -0.1) is 24.0 Å². The normalized spacial score (nSPS) is 12.4. The molecule has 1 aromatic carbocycles. The third kappa shape index (κ3) is 5.32. The molecule has 2 aromatic rings. The number of imidazole rings is 1. The third-order valence-electron chi connectivity index (χ3n) is 3.36. The summed E-state index contributed by atoms with van der Waals surface area (Å²) in [5, 5.41) is 6.58. The SMILES string of the molecule is CCC(C)NC(=NC)NCc1ncc(-c2ccccc2)[nH]1.I. The molecule has 120 valence electrons. The van der Waals surface area contributed by atoms with Gasteiger partial charge in [-0.1, -0.05) is 37.3 Å². The molecule has 0 saturated carbocycles. The van der Waals surface area contributed by atoms with Crippen LogP contribution >= 0.6 is 24.0 Å². The van der Waals surface area contributed by atoms with E-state index in [-0.39, 0.29) is 24.0 Å². The van der Waals surface area contributed by atoms with Crippen LogP contribution in [0.2, 0.25) is 0 Å². The highest BCUT2D eigenvalue weighted by Crippen LogP contribution is 2.15. The van der Waals surface area contributed by atoms with Crippen molar-refractivity contribution < 1.29 is 0 Å². The first-order chi connectivity index (χ1) is 10.2. The van der Waals surface area contributed by atoms with E-state index in [4.69, 9.17) is 0 Å². The molecule has 0 bridgehead atoms. The maximum absolute atomic E-state index is 4.40. The van der Waals surface area contributed by atoms with Gasteiger partial charge in [-0.3, -0.25) is 4.99 Å². The van der Waals surface area contributed by atoms with Gasteiger partial charge in [0, 0.05) is 13.1 Å². The van der Waals surface area contributed by atoms with E-state index >= 15 is 0 Å². The summed E-state index contributed by atoms with van der Waals surface area (Å²) in [5.41, 5.74) is 2.16. The Labute approximate surface area is 149 Å². The summed E-state index contributed by atoms with van der Waals surface area (Å²) in [6.45, 7) is 4.89. The van der Waals surface area contributed by atoms with E-state index in [2.05, 4.69) is 51.6 Å². The maximum Gasteiger partial charge on any atom is 0.191 e. The van der Waals surface area contributed by atoms with Gasteiger partial charge in [-0.25, -0.2) is 4.98 Å². The molecule has 0 fully saturated rings. The van der Waals surface area contributed by atoms with E-state index in [0.29, 0.717) is 12.6 Å². The largest absolute Gasteiger partial charge is 0.354 e. The molecule has 2 rings (SSSR count). The molecule has 0 aliphatic rings. The molecule has 0 radical (unpaired) electrons. The summed E-state index contributed by atoms with van der Waals surface area (Å²) in [6, 6.07) is 10.6. The van der Waals surface area contributed by atoms with Gasteiger partial charge in [-0.05, 0) is 18.9 Å². The van der Waals surface area contributed by atoms with Gasteiger partial charge in [-0.2, -0.15) is 0 Å². The Morgan fingerprint density at radius 1 is 1.32 bits per heavy atom. The number of aromatic amines is 1. The molecule has 1 atom stereocenters. The predicted molar refractivity (Wildman–Crippen MR) is 103 cm³/mol. The lowest BCUT2D eigenvalue weighted by atomic mass is 10.2. The molecule has 0 aliphatic carbocycles. The summed E-state index contributed by atoms with van der Waals surface area (Å²) >= 11 is 0. The molecule has 0 saturated heterocycles. The zero-order valence-electron chi connectivity index (χ0n) is 13.3. The number of aromatic nitrogens is 2. The Morgan fingerprint density at radius 2 is 2.05 bits per heavy atom. The van der Waals surface area contributed by atoms with Crippen LogP contribution in [-0.2, 0) is 6.54 Å². The smallest absolute Gasteiger partial charge is 0.191 e. The van der Waals surface area contributed by atoms with E-state index in [1.54, 1.807) is 7.05 Å². The first-order valence-corrected chi connectivity index (χ1v) is 7.29. The minimum atomic E-state index is 0. The molecular weight excluding hydrogens is 389 g/mol. The molecule has 0 amide bonds. The highest BCUT2D eigenvalue weighted by atomic mass is 127. The van der Waals surface area contributed by atoms with Gasteiger partial charge in [0.15, 0.2) is 5.96 Å². The minimum Gasteiger partial charge on any atom is -0.354 e. The summed E-state index contributed by atoms with van der Waals surface area (Å²) in [4.78, 5) is 11.9. The van der Waals surface area contributed by atoms with Crippen LogP contribution in [0.5, 0.6) is 0 Å². The van der Waals surface area contributed by atoms with Gasteiger partial charge in [0.05, 0.1) is 18.4 Å². The van der Waals surface area contributed by atoms with Gasteiger partial charge in [0.25, 0.3) is 0 Å². The van der Waals surface area contributed by atoms with Gasteiger partial charge in [0.2, 0.25) is 0 Å². The number of hydrogen-bond donors (Lipinski definition) is 3. The second-order valence-corrected chi connectivity index (χ2v) is 4.99. The van der Waals surface area contributed by atoms with Crippen molar-refractivity contribution in [3.05, 3.63) is 42.4 Å². The lowest BCUT2D eigenvalue weighted by Gasteiger charge is -2.15. The Hall–Kier alpha value is -1.57. The maximum atomic E-state index is 4.40. The first-order valence-electron chi connectivity index (χ1n) is 7.29. The number of hydrogen-bond acceptors (Lipinski definition) is 2. The van der Waals surface area contributed by atoms with Crippen LogP contribution in [0, 0.1) is 0 Å². The van der Waals surface area contributed by atoms with E-state index < -0.39 is 0 Å². The monoisotopic (exact) mass is 413 g/mol. The van der Waals surface area contributed by atoms with Crippen molar-refractivity contribution in [1.29, 1.82) is 0 Å². The van der Waals surface area contributed by atoms with Crippen molar-refractivity contribution in [3.63, 3.8) is 0 Å². The lowest BCUT2D eigenvalue weighted by Crippen LogP contribution is -2.41. The molecule has 3 N–H and O–H groups in total. The number of nitrogens with zero attached hydrogens (tertiary/aromatic N) is 2. The van der Waals surface area contributed by atoms with Crippen molar-refractivity contribution in [2.45, 2.75) is 32.9 Å². The highest BCUT2D eigenvalue weighted by molar-refractivity contribution is 14.0. The predicted octanol–water partition coefficient (Wildman–Crippen LogP) is 3.16. The first kappa shape index (κ1) is 18.5. The van der Waals surface area contributed by atoms with Crippen LogP contribution in [0.15, 0.2) is 41.5 Å². The van der Waals surface area contributed by atoms with Crippen LogP contribution in [0.3, 0.4) is 0 Å². The van der Waals surface area contributed by atoms with Crippen molar-refractivity contribution >= 4 is 29.9 Å². The van der Waals surface area contributed by atoms with E-state index in [0.717, 1.165) is 29.5 Å². The summed E-state index contributed by atoms with van der Waals surface area (Å²) in [5.74, 6) is 1.68. The molecule has 1 heterocycles.